The number of hydrogen-bond acceptors (Lipinski definition) is 6. The van der Waals surface area contributed by atoms with Crippen LogP contribution in [0.2, 0.25) is 0 Å². The van der Waals surface area contributed by atoms with Crippen LogP contribution in [-0.2, 0) is 14.3 Å². The highest BCUT2D eigenvalue weighted by Crippen LogP contribution is 2.30. The predicted molar refractivity (Wildman–Crippen MR) is 151 cm³/mol. The molecule has 0 saturated carbocycles. The van der Waals surface area contributed by atoms with Gasteiger partial charge >= 0.3 is 6.09 Å². The maximum atomic E-state index is 14.0. The number of carbonyl (C=O) groups is 3. The topological polar surface area (TPSA) is 128 Å². The number of alkyl carbamates (subject to hydrolysis) is 1. The number of hydrogen-bond donors (Lipinski definition) is 4. The number of benzene rings is 2. The highest BCUT2D eigenvalue weighted by Gasteiger charge is 2.39. The average molecular weight is 542 g/mol. The van der Waals surface area contributed by atoms with Crippen LogP contribution in [0, 0.1) is 12.8 Å². The lowest BCUT2D eigenvalue weighted by Crippen LogP contribution is -2.56. The number of amides is 3. The Labute approximate surface area is 231 Å². The summed E-state index contributed by atoms with van der Waals surface area (Å²) in [5.41, 5.74) is 1.00. The molecular formula is C30H43N3O6. The first-order chi connectivity index (χ1) is 18.2. The van der Waals surface area contributed by atoms with Crippen molar-refractivity contribution in [3.8, 4) is 5.75 Å². The third-order valence-electron chi connectivity index (χ3n) is 6.18. The van der Waals surface area contributed by atoms with Gasteiger partial charge in [-0.3, -0.25) is 9.59 Å². The molecule has 0 aromatic heterocycles. The molecule has 0 aliphatic carbocycles. The van der Waals surface area contributed by atoms with Crippen molar-refractivity contribution in [3.05, 3.63) is 59.7 Å². The maximum Gasteiger partial charge on any atom is 0.408 e. The molecule has 9 nitrogen and oxygen atoms in total. The summed E-state index contributed by atoms with van der Waals surface area (Å²) in [7, 11) is 0. The number of carbonyl (C=O) groups excluding carboxylic acids is 3. The Kier molecular flexibility index (Phi) is 11.3. The average Bonchev–Trinajstić information content (AvgIpc) is 2.84. The van der Waals surface area contributed by atoms with Gasteiger partial charge in [-0.1, -0.05) is 44.2 Å². The van der Waals surface area contributed by atoms with Gasteiger partial charge in [0.15, 0.2) is 0 Å². The molecule has 0 aliphatic rings. The molecule has 0 aliphatic heterocycles. The number of rotatable bonds is 11. The van der Waals surface area contributed by atoms with Gasteiger partial charge in [0, 0.05) is 11.7 Å². The molecule has 0 heterocycles. The predicted octanol–water partition coefficient (Wildman–Crippen LogP) is 4.92. The van der Waals surface area contributed by atoms with Crippen LogP contribution in [0.3, 0.4) is 0 Å². The van der Waals surface area contributed by atoms with Crippen molar-refractivity contribution in [3.63, 3.8) is 0 Å². The summed E-state index contributed by atoms with van der Waals surface area (Å²) >= 11 is 0. The van der Waals surface area contributed by atoms with E-state index in [1.165, 1.54) is 17.0 Å². The highest BCUT2D eigenvalue weighted by atomic mass is 16.6. The second kappa shape index (κ2) is 14.0. The Bertz CT molecular complexity index is 1130. The van der Waals surface area contributed by atoms with E-state index in [1.807, 2.05) is 26.0 Å². The van der Waals surface area contributed by atoms with Crippen LogP contribution >= 0.6 is 0 Å². The fourth-order valence-electron chi connectivity index (χ4n) is 4.18. The first-order valence-electron chi connectivity index (χ1n) is 13.3. The lowest BCUT2D eigenvalue weighted by atomic mass is 9.97. The summed E-state index contributed by atoms with van der Waals surface area (Å²) in [6, 6.07) is 10.5. The molecule has 3 amide bonds. The van der Waals surface area contributed by atoms with Gasteiger partial charge < -0.3 is 30.5 Å². The monoisotopic (exact) mass is 541 g/mol. The Balaban J connectivity index is 2.57. The summed E-state index contributed by atoms with van der Waals surface area (Å²) < 4.78 is 5.30. The first-order valence-corrected chi connectivity index (χ1v) is 13.3. The first kappa shape index (κ1) is 31.6. The standard InChI is InChI=1S/C30H43N3O6/c1-19(2)15-16-21(4)33(28(37)25(18-34)32-29(38)39-30(5,6)7)26(22-12-10-13-23(35)17-22)27(36)31-24-14-9-8-11-20(24)3/h8-14,17,19,21,25-26,34-35H,15-16,18H2,1-7H3,(H,31,36)(H,32,38). The van der Waals surface area contributed by atoms with Gasteiger partial charge in [0.1, 0.15) is 23.4 Å². The quantitative estimate of drug-likeness (QED) is 0.320. The summed E-state index contributed by atoms with van der Waals surface area (Å²) in [6.07, 6.45) is 0.490. The molecule has 3 unspecified atom stereocenters. The van der Waals surface area contributed by atoms with E-state index < -0.39 is 48.2 Å². The minimum atomic E-state index is -1.35. The second-order valence-electron chi connectivity index (χ2n) is 11.2. The maximum absolute atomic E-state index is 14.0. The summed E-state index contributed by atoms with van der Waals surface area (Å²) in [5, 5.41) is 25.8. The molecule has 0 bridgehead atoms. The van der Waals surface area contributed by atoms with E-state index in [0.29, 0.717) is 23.6 Å². The van der Waals surface area contributed by atoms with Gasteiger partial charge in [-0.15, -0.1) is 0 Å². The summed E-state index contributed by atoms with van der Waals surface area (Å²) in [5.74, 6) is -0.853. The van der Waals surface area contributed by atoms with Crippen LogP contribution in [0.4, 0.5) is 10.5 Å². The fourth-order valence-corrected chi connectivity index (χ4v) is 4.18. The molecule has 2 rings (SSSR count). The minimum absolute atomic E-state index is 0.0611. The van der Waals surface area contributed by atoms with Crippen LogP contribution in [0.5, 0.6) is 5.75 Å². The summed E-state index contributed by atoms with van der Waals surface area (Å²) in [4.78, 5) is 41.9. The Morgan fingerprint density at radius 2 is 1.67 bits per heavy atom. The minimum Gasteiger partial charge on any atom is -0.508 e. The molecule has 0 saturated heterocycles. The van der Waals surface area contributed by atoms with Crippen molar-refractivity contribution in [1.29, 1.82) is 0 Å². The molecule has 0 fully saturated rings. The number of para-hydroxylation sites is 1. The molecule has 39 heavy (non-hydrogen) atoms. The lowest BCUT2D eigenvalue weighted by Gasteiger charge is -2.38. The molecule has 0 radical (unpaired) electrons. The van der Waals surface area contributed by atoms with Crippen LogP contribution in [0.15, 0.2) is 48.5 Å². The van der Waals surface area contributed by atoms with E-state index in [9.17, 15) is 24.6 Å². The number of aliphatic hydroxyl groups excluding tert-OH is 1. The van der Waals surface area contributed by atoms with E-state index in [4.69, 9.17) is 4.74 Å². The van der Waals surface area contributed by atoms with Crippen molar-refractivity contribution in [2.45, 2.75) is 85.0 Å². The smallest absolute Gasteiger partial charge is 0.408 e. The summed E-state index contributed by atoms with van der Waals surface area (Å²) in [6.45, 7) is 12.2. The van der Waals surface area contributed by atoms with Gasteiger partial charge in [-0.05, 0) is 82.7 Å². The molecule has 214 valence electrons. The molecule has 0 spiro atoms. The number of anilines is 1. The zero-order valence-electron chi connectivity index (χ0n) is 24.0. The number of phenols is 1. The zero-order valence-corrected chi connectivity index (χ0v) is 24.0. The van der Waals surface area contributed by atoms with E-state index in [1.54, 1.807) is 45.0 Å². The second-order valence-corrected chi connectivity index (χ2v) is 11.2. The Morgan fingerprint density at radius 3 is 2.23 bits per heavy atom. The van der Waals surface area contributed by atoms with E-state index in [2.05, 4.69) is 24.5 Å². The van der Waals surface area contributed by atoms with Crippen LogP contribution < -0.4 is 10.6 Å². The fraction of sp³-hybridized carbons (Fsp3) is 0.500. The number of phenolic OH excluding ortho intramolecular Hbond substituents is 1. The van der Waals surface area contributed by atoms with Crippen LogP contribution in [0.1, 0.15) is 71.6 Å². The normalized spacial score (nSPS) is 13.8. The molecule has 9 heteroatoms. The Morgan fingerprint density at radius 1 is 1.00 bits per heavy atom. The van der Waals surface area contributed by atoms with Gasteiger partial charge in [-0.2, -0.15) is 0 Å². The van der Waals surface area contributed by atoms with E-state index in [0.717, 1.165) is 12.0 Å². The van der Waals surface area contributed by atoms with Crippen molar-refractivity contribution in [2.75, 3.05) is 11.9 Å². The molecule has 4 N–H and O–H groups in total. The SMILES string of the molecule is Cc1ccccc1NC(=O)C(c1cccc(O)c1)N(C(=O)C(CO)NC(=O)OC(C)(C)C)C(C)CCC(C)C. The van der Waals surface area contributed by atoms with Crippen molar-refractivity contribution >= 4 is 23.6 Å². The third-order valence-corrected chi connectivity index (χ3v) is 6.18. The van der Waals surface area contributed by atoms with Crippen molar-refractivity contribution in [2.24, 2.45) is 5.92 Å². The van der Waals surface area contributed by atoms with Crippen molar-refractivity contribution in [1.82, 2.24) is 10.2 Å². The van der Waals surface area contributed by atoms with Crippen molar-refractivity contribution < 1.29 is 29.3 Å². The van der Waals surface area contributed by atoms with E-state index in [-0.39, 0.29) is 5.75 Å². The Hall–Kier alpha value is -3.59. The molecule has 3 atom stereocenters. The van der Waals surface area contributed by atoms with Gasteiger partial charge in [-0.25, -0.2) is 4.79 Å². The van der Waals surface area contributed by atoms with E-state index >= 15 is 0 Å². The molecule has 2 aromatic carbocycles. The lowest BCUT2D eigenvalue weighted by molar-refractivity contribution is -0.144. The highest BCUT2D eigenvalue weighted by molar-refractivity contribution is 5.99. The number of aryl methyl sites for hydroxylation is 1. The zero-order chi connectivity index (χ0) is 29.3. The largest absolute Gasteiger partial charge is 0.508 e. The number of nitrogens with zero attached hydrogens (tertiary/aromatic N) is 1. The number of aromatic hydroxyl groups is 1. The van der Waals surface area contributed by atoms with Crippen LogP contribution in [-0.4, -0.2) is 57.3 Å². The van der Waals surface area contributed by atoms with Gasteiger partial charge in [0.05, 0.1) is 6.61 Å². The van der Waals surface area contributed by atoms with Crippen LogP contribution in [0.25, 0.3) is 0 Å². The number of nitrogens with one attached hydrogen (secondary N) is 2. The number of ether oxygens (including phenoxy) is 1. The molecule has 2 aromatic rings. The van der Waals surface area contributed by atoms with Gasteiger partial charge in [0.2, 0.25) is 5.91 Å². The number of aliphatic hydroxyl groups is 1. The third kappa shape index (κ3) is 9.58. The molecular weight excluding hydrogens is 498 g/mol. The van der Waals surface area contributed by atoms with Gasteiger partial charge in [0.25, 0.3) is 5.91 Å².